The number of carboxylic acids is 2. The number of carbonyl (C=O) groups is 18. The molecule has 2 aromatic rings. The Morgan fingerprint density at radius 2 is 0.679 bits per heavy atom. The predicted molar refractivity (Wildman–Crippen MR) is 521 cm³/mol. The van der Waals surface area contributed by atoms with Crippen molar-refractivity contribution in [2.45, 2.75) is 273 Å². The molecule has 0 spiro atoms. The monoisotopic (exact) mass is 2020 g/mol. The highest BCUT2D eigenvalue weighted by Gasteiger charge is 2.40. The standard InChI is InChI=1S/C88H148N26O24S2/c1-47(2)40-62(109-74(125)56(17-9-12-34-90)102-73(124)55(16-8-11-33-89)103-78(129)60(29-30-68(93)119)107-81(132)63(42-50-21-25-52(117)26-22-50)101-69(120)45-100-72(123)54(92)31-38-139-6)80(131)105-59(20-15-37-99-88(96)97)77(128)113-67(46-115)84(135)108-61(32-39-140-7)79(130)114-71(49(5)116)85(136)111-65(44-70(121)122)83(134)104-57(18-10-13-35-91)75(126)110-64(43-51-23-27-53(118)28-24-51)82(133)106-58(19-14-36-98-87(94)95)76(127)112-66(86(137)138)41-48(3)4/h21-28,47-49,54-67,71,115-118H,8-20,29-46,89-92H2,1-7H3,(H2,93,119)(H,100,123)(H,101,120)(H,102,124)(H,103,129)(H,104,134)(H,105,131)(H,106,133)(H,107,132)(H,108,135)(H,109,125)(H,110,126)(H,111,136)(H,112,127)(H,113,128)(H,114,130)(H,121,122)(H,137,138)(H4,94,95,98)(H4,96,97,99)/t49-,54+,55+,56+,57+,58+,59+,60-,61+,62+,63+,64+,65+,66+,67+,71+/m1/s1. The maximum Gasteiger partial charge on any atom is 0.326 e. The summed E-state index contributed by atoms with van der Waals surface area (Å²) in [5.74, 6) is -20.8. The molecular formula is C88H148N26O24S2. The van der Waals surface area contributed by atoms with Crippen LogP contribution in [-0.4, -0.2) is 316 Å². The van der Waals surface area contributed by atoms with Crippen LogP contribution in [0.5, 0.6) is 11.5 Å². The molecule has 2 aromatic carbocycles. The topological polar surface area (TPSA) is 863 Å². The van der Waals surface area contributed by atoms with Gasteiger partial charge in [0.05, 0.1) is 31.7 Å². The lowest BCUT2D eigenvalue weighted by Crippen LogP contribution is -2.62. The number of nitrogens with one attached hydrogen (secondary N) is 19. The molecule has 0 radical (unpaired) electrons. The van der Waals surface area contributed by atoms with E-state index in [9.17, 15) is 117 Å². The largest absolute Gasteiger partial charge is 0.508 e. The smallest absolute Gasteiger partial charge is 0.326 e. The second-order valence-electron chi connectivity index (χ2n) is 34.4. The summed E-state index contributed by atoms with van der Waals surface area (Å²) in [6.07, 6.45) is -0.772. The van der Waals surface area contributed by atoms with Crippen molar-refractivity contribution >= 4 is 142 Å². The van der Waals surface area contributed by atoms with Gasteiger partial charge in [-0.25, -0.2) is 4.79 Å². The molecule has 16 amide bonds. The van der Waals surface area contributed by atoms with E-state index in [2.05, 4.69) is 90.4 Å². The van der Waals surface area contributed by atoms with Crippen LogP contribution in [0.3, 0.4) is 0 Å². The van der Waals surface area contributed by atoms with E-state index in [1.807, 2.05) is 6.26 Å². The number of phenols is 2. The predicted octanol–water partition coefficient (Wildman–Crippen LogP) is -7.18. The van der Waals surface area contributed by atoms with E-state index in [-0.39, 0.29) is 159 Å². The number of guanidine groups is 2. The lowest BCUT2D eigenvalue weighted by atomic mass is 10.0. The Hall–Kier alpha value is -12.5. The minimum absolute atomic E-state index is 0.00383. The van der Waals surface area contributed by atoms with Crippen LogP contribution in [0.4, 0.5) is 0 Å². The number of hydrogen-bond donors (Lipinski definition) is 32. The lowest BCUT2D eigenvalue weighted by molar-refractivity contribution is -0.143. The highest BCUT2D eigenvalue weighted by molar-refractivity contribution is 7.98. The number of benzene rings is 2. The summed E-state index contributed by atoms with van der Waals surface area (Å²) >= 11 is 2.62. The Morgan fingerprint density at radius 3 is 1.04 bits per heavy atom. The average molecular weight is 2020 g/mol. The number of primary amides is 1. The number of unbranched alkanes of at least 4 members (excludes halogenated alkanes) is 3. The zero-order chi connectivity index (χ0) is 105. The Bertz CT molecular complexity index is 4360. The zero-order valence-electron chi connectivity index (χ0n) is 80.3. The van der Waals surface area contributed by atoms with Gasteiger partial charge in [-0.15, -0.1) is 0 Å². The molecule has 50 nitrogen and oxygen atoms in total. The molecule has 0 unspecified atom stereocenters. The van der Waals surface area contributed by atoms with Crippen LogP contribution in [0.2, 0.25) is 0 Å². The van der Waals surface area contributed by atoms with E-state index in [1.54, 1.807) is 34.0 Å². The molecule has 2 rings (SSSR count). The molecule has 0 aliphatic rings. The molecular weight excluding hydrogens is 1870 g/mol. The molecule has 39 N–H and O–H groups in total. The molecule has 0 bridgehead atoms. The van der Waals surface area contributed by atoms with Gasteiger partial charge < -0.3 is 161 Å². The van der Waals surface area contributed by atoms with Crippen LogP contribution in [-0.2, 0) is 99.1 Å². The van der Waals surface area contributed by atoms with E-state index in [1.165, 1.54) is 72.1 Å². The van der Waals surface area contributed by atoms with Crippen molar-refractivity contribution in [3.05, 3.63) is 59.7 Å². The quantitative estimate of drug-likeness (QED) is 0.0166. The number of aromatic hydroxyl groups is 2. The number of rotatable bonds is 72. The SMILES string of the molecule is CSCC[C@H](NC(=O)[C@H](CO)NC(=O)[C@H](CCCNC(=N)N)NC(=O)[C@H](CC(C)C)NC(=O)[C@H](CCCCN)NC(=O)[C@H](CCCCN)NC(=O)[C@@H](CCC(N)=O)NC(=O)[C@H](Cc1ccc(O)cc1)NC(=O)CNC(=O)[C@@H](N)CCSC)C(=O)N[C@H](C(=O)N[C@@H](CC(=O)O)C(=O)N[C@@H](CCCCN)C(=O)N[C@@H](Cc1ccc(O)cc1)C(=O)N[C@@H](CCCNC(=N)N)C(=O)N[C@@H](CC(C)C)C(=O)O)[C@@H](C)O. The number of aliphatic hydroxyl groups is 2. The van der Waals surface area contributed by atoms with Crippen molar-refractivity contribution in [2.24, 2.45) is 52.0 Å². The van der Waals surface area contributed by atoms with Crippen LogP contribution >= 0.6 is 23.5 Å². The van der Waals surface area contributed by atoms with Gasteiger partial charge in [0.15, 0.2) is 11.9 Å². The summed E-state index contributed by atoms with van der Waals surface area (Å²) in [6, 6.07) is -13.3. The number of phenolic OH excluding ortho intramolecular Hbond substituents is 2. The molecule has 52 heteroatoms. The molecule has 140 heavy (non-hydrogen) atoms. The molecule has 786 valence electrons. The number of hydrogen-bond acceptors (Lipinski definition) is 30. The number of aliphatic hydroxyl groups excluding tert-OH is 2. The van der Waals surface area contributed by atoms with E-state index in [4.69, 9.17) is 51.0 Å². The van der Waals surface area contributed by atoms with E-state index in [0.29, 0.717) is 36.1 Å². The van der Waals surface area contributed by atoms with Crippen LogP contribution in [0.15, 0.2) is 48.5 Å². The van der Waals surface area contributed by atoms with Crippen molar-refractivity contribution in [1.29, 1.82) is 10.8 Å². The number of carbonyl (C=O) groups excluding carboxylic acids is 16. The van der Waals surface area contributed by atoms with Gasteiger partial charge in [-0.3, -0.25) is 92.3 Å². The first-order valence-corrected chi connectivity index (χ1v) is 49.1. The van der Waals surface area contributed by atoms with Crippen molar-refractivity contribution < 1.29 is 117 Å². The first kappa shape index (κ1) is 124. The summed E-state index contributed by atoms with van der Waals surface area (Å²) in [6.45, 7) is 6.36. The third kappa shape index (κ3) is 50.4. The van der Waals surface area contributed by atoms with E-state index < -0.39 is 253 Å². The molecule has 0 fully saturated rings. The first-order chi connectivity index (χ1) is 66.2. The van der Waals surface area contributed by atoms with Gasteiger partial charge in [-0.05, 0) is 213 Å². The Morgan fingerprint density at radius 1 is 0.364 bits per heavy atom. The number of carboxylic acid groups (broad SMARTS) is 2. The maximum absolute atomic E-state index is 14.8. The van der Waals surface area contributed by atoms with Crippen molar-refractivity contribution in [2.75, 3.05) is 69.9 Å². The third-order valence-electron chi connectivity index (χ3n) is 21.5. The highest BCUT2D eigenvalue weighted by atomic mass is 32.2. The number of nitrogens with two attached hydrogens (primary N) is 7. The average Bonchev–Trinajstić information content (AvgIpc) is 0.845. The highest BCUT2D eigenvalue weighted by Crippen LogP contribution is 2.19. The summed E-state index contributed by atoms with van der Waals surface area (Å²) in [4.78, 5) is 252. The molecule has 0 aliphatic carbocycles. The molecule has 0 saturated carbocycles. The van der Waals surface area contributed by atoms with Gasteiger partial charge in [-0.1, -0.05) is 52.0 Å². The minimum Gasteiger partial charge on any atom is -0.508 e. The normalized spacial score (nSPS) is 14.6. The Balaban J connectivity index is 2.60. The van der Waals surface area contributed by atoms with E-state index >= 15 is 0 Å². The number of aliphatic carboxylic acids is 2. The number of thioether (sulfide) groups is 2. The fourth-order valence-corrected chi connectivity index (χ4v) is 14.9. The third-order valence-corrected chi connectivity index (χ3v) is 22.8. The van der Waals surface area contributed by atoms with Crippen LogP contribution in [0.1, 0.15) is 174 Å². The van der Waals surface area contributed by atoms with Gasteiger partial charge in [0.25, 0.3) is 0 Å². The molecule has 0 aliphatic heterocycles. The van der Waals surface area contributed by atoms with Crippen molar-refractivity contribution in [3.63, 3.8) is 0 Å². The molecule has 0 aromatic heterocycles. The fourth-order valence-electron chi connectivity index (χ4n) is 13.9. The molecule has 0 saturated heterocycles. The van der Waals surface area contributed by atoms with Crippen LogP contribution in [0, 0.1) is 22.7 Å². The number of amides is 16. The van der Waals surface area contributed by atoms with E-state index in [0.717, 1.165) is 6.92 Å². The Kier molecular flexibility index (Phi) is 59.8. The van der Waals surface area contributed by atoms with Gasteiger partial charge in [0.2, 0.25) is 94.5 Å². The molecule has 0 heterocycles. The summed E-state index contributed by atoms with van der Waals surface area (Å²) in [7, 11) is 0. The zero-order valence-corrected chi connectivity index (χ0v) is 82.0. The van der Waals surface area contributed by atoms with Crippen LogP contribution in [0.25, 0.3) is 0 Å². The van der Waals surface area contributed by atoms with Crippen molar-refractivity contribution in [3.8, 4) is 11.5 Å². The van der Waals surface area contributed by atoms with Gasteiger partial charge in [0.1, 0.15) is 96.1 Å². The lowest BCUT2D eigenvalue weighted by Gasteiger charge is -2.29. The van der Waals surface area contributed by atoms with Crippen molar-refractivity contribution in [1.82, 2.24) is 90.4 Å². The summed E-state index contributed by atoms with van der Waals surface area (Å²) in [5, 5.41) is 120. The second-order valence-corrected chi connectivity index (χ2v) is 36.4. The minimum atomic E-state index is -2.12. The summed E-state index contributed by atoms with van der Waals surface area (Å²) in [5.41, 5.74) is 40.8. The first-order valence-electron chi connectivity index (χ1n) is 46.3. The fraction of sp³-hybridized carbons (Fsp3) is 0.636. The Labute approximate surface area is 821 Å². The van der Waals surface area contributed by atoms with Gasteiger partial charge in [0, 0.05) is 32.4 Å². The second kappa shape index (κ2) is 67.7. The van der Waals surface area contributed by atoms with Gasteiger partial charge >= 0.3 is 11.9 Å². The van der Waals surface area contributed by atoms with Gasteiger partial charge in [-0.2, -0.15) is 23.5 Å². The maximum atomic E-state index is 14.8. The molecule has 16 atom stereocenters. The van der Waals surface area contributed by atoms with Crippen LogP contribution < -0.4 is 131 Å². The summed E-state index contributed by atoms with van der Waals surface area (Å²) < 4.78 is 0.